The maximum absolute atomic E-state index is 6.55. The van der Waals surface area contributed by atoms with Crippen LogP contribution in [0, 0.1) is 0 Å². The fourth-order valence-electron chi connectivity index (χ4n) is 2.32. The lowest BCUT2D eigenvalue weighted by atomic mass is 9.86. The number of halogens is 2. The van der Waals surface area contributed by atoms with Crippen LogP contribution in [0.2, 0.25) is 4.34 Å². The third kappa shape index (κ3) is 2.37. The van der Waals surface area contributed by atoms with Crippen LogP contribution in [0.1, 0.15) is 35.2 Å². The second-order valence-electron chi connectivity index (χ2n) is 5.43. The molecule has 0 aliphatic carbocycles. The van der Waals surface area contributed by atoms with Crippen molar-refractivity contribution >= 4 is 34.5 Å². The summed E-state index contributed by atoms with van der Waals surface area (Å²) in [6.07, 6.45) is 0. The van der Waals surface area contributed by atoms with Crippen molar-refractivity contribution < 1.29 is 4.74 Å². The molecule has 0 saturated carbocycles. The number of hydrogen-bond acceptors (Lipinski definition) is 2. The predicted molar refractivity (Wildman–Crippen MR) is 82.0 cm³/mol. The quantitative estimate of drug-likeness (QED) is 0.675. The third-order valence-electron chi connectivity index (χ3n) is 3.46. The summed E-state index contributed by atoms with van der Waals surface area (Å²) < 4.78 is 6.47. The van der Waals surface area contributed by atoms with E-state index in [0.29, 0.717) is 0 Å². The monoisotopic (exact) mass is 312 g/mol. The first-order chi connectivity index (χ1) is 8.97. The lowest BCUT2D eigenvalue weighted by Crippen LogP contribution is -2.18. The van der Waals surface area contributed by atoms with Gasteiger partial charge in [-0.25, -0.2) is 0 Å². The van der Waals surface area contributed by atoms with Crippen molar-refractivity contribution in [2.75, 3.05) is 6.61 Å². The smallest absolute Gasteiger partial charge is 0.123 e. The number of ether oxygens (including phenoxy) is 1. The van der Waals surface area contributed by atoms with Crippen molar-refractivity contribution in [3.63, 3.8) is 0 Å². The van der Waals surface area contributed by atoms with Crippen LogP contribution >= 0.6 is 34.5 Å². The van der Waals surface area contributed by atoms with Gasteiger partial charge < -0.3 is 4.74 Å². The van der Waals surface area contributed by atoms with Gasteiger partial charge in [-0.2, -0.15) is 0 Å². The van der Waals surface area contributed by atoms with Gasteiger partial charge in [-0.15, -0.1) is 22.9 Å². The van der Waals surface area contributed by atoms with Crippen LogP contribution < -0.4 is 4.74 Å². The Morgan fingerprint density at radius 1 is 1.26 bits per heavy atom. The van der Waals surface area contributed by atoms with E-state index in [2.05, 4.69) is 19.9 Å². The lowest BCUT2D eigenvalue weighted by molar-refractivity contribution is 0.291. The van der Waals surface area contributed by atoms with E-state index in [1.807, 2.05) is 24.3 Å². The molecule has 1 nitrogen and oxygen atoms in total. The zero-order chi connectivity index (χ0) is 13.6. The van der Waals surface area contributed by atoms with Crippen LogP contribution in [-0.2, 0) is 5.41 Å². The molecule has 0 saturated heterocycles. The topological polar surface area (TPSA) is 9.23 Å². The average Bonchev–Trinajstić information content (AvgIpc) is 2.93. The predicted octanol–water partition coefficient (Wildman–Crippen LogP) is 5.40. The van der Waals surface area contributed by atoms with E-state index in [9.17, 15) is 0 Å². The first-order valence-corrected chi connectivity index (χ1v) is 7.77. The molecule has 4 heteroatoms. The Bertz CT molecular complexity index is 618. The van der Waals surface area contributed by atoms with E-state index in [1.54, 1.807) is 0 Å². The summed E-state index contributed by atoms with van der Waals surface area (Å²) in [5, 5.41) is -0.154. The molecule has 1 aliphatic heterocycles. The summed E-state index contributed by atoms with van der Waals surface area (Å²) in [7, 11) is 0. The maximum Gasteiger partial charge on any atom is 0.123 e. The van der Waals surface area contributed by atoms with Crippen LogP contribution in [-0.4, -0.2) is 6.61 Å². The Kier molecular flexibility index (Phi) is 3.28. The zero-order valence-corrected chi connectivity index (χ0v) is 13.1. The summed E-state index contributed by atoms with van der Waals surface area (Å²) in [4.78, 5) is 1.07. The molecule has 1 aromatic heterocycles. The maximum atomic E-state index is 6.55. The van der Waals surface area contributed by atoms with E-state index in [1.165, 1.54) is 16.9 Å². The van der Waals surface area contributed by atoms with E-state index in [0.717, 1.165) is 27.1 Å². The number of rotatable bonds is 2. The first-order valence-electron chi connectivity index (χ1n) is 6.14. The number of fused-ring (bicyclic) bond motifs is 1. The summed E-state index contributed by atoms with van der Waals surface area (Å²) >= 11 is 14.0. The molecule has 0 amide bonds. The van der Waals surface area contributed by atoms with Gasteiger partial charge in [0.15, 0.2) is 0 Å². The molecule has 0 spiro atoms. The fraction of sp³-hybridized carbons (Fsp3) is 0.333. The highest BCUT2D eigenvalue weighted by Crippen LogP contribution is 2.42. The van der Waals surface area contributed by atoms with Gasteiger partial charge in [0.25, 0.3) is 0 Å². The van der Waals surface area contributed by atoms with E-state index in [4.69, 9.17) is 27.9 Å². The molecular weight excluding hydrogens is 299 g/mol. The van der Waals surface area contributed by atoms with Crippen molar-refractivity contribution in [1.29, 1.82) is 0 Å². The lowest BCUT2D eigenvalue weighted by Gasteiger charge is -2.17. The highest BCUT2D eigenvalue weighted by molar-refractivity contribution is 7.16. The van der Waals surface area contributed by atoms with Crippen molar-refractivity contribution in [3.8, 4) is 5.75 Å². The SMILES string of the molecule is CC1(C)COc2ccc(C(Cl)c3ccc(Cl)s3)cc21. The molecule has 3 rings (SSSR count). The minimum Gasteiger partial charge on any atom is -0.492 e. The standard InChI is InChI=1S/C15H14Cl2OS/c1-15(2)8-18-11-4-3-9(7-10(11)15)14(17)12-5-6-13(16)19-12/h3-7,14H,8H2,1-2H3. The Morgan fingerprint density at radius 3 is 2.74 bits per heavy atom. The molecule has 0 radical (unpaired) electrons. The first kappa shape index (κ1) is 13.3. The molecule has 19 heavy (non-hydrogen) atoms. The molecule has 1 atom stereocenters. The van der Waals surface area contributed by atoms with Gasteiger partial charge in [0, 0.05) is 15.9 Å². The molecule has 0 N–H and O–H groups in total. The van der Waals surface area contributed by atoms with Crippen molar-refractivity contribution in [2.24, 2.45) is 0 Å². The van der Waals surface area contributed by atoms with Gasteiger partial charge in [0.1, 0.15) is 5.75 Å². The molecule has 1 aromatic carbocycles. The number of benzene rings is 1. The molecule has 100 valence electrons. The highest BCUT2D eigenvalue weighted by atomic mass is 35.5. The number of thiophene rings is 1. The van der Waals surface area contributed by atoms with Gasteiger partial charge in [0.2, 0.25) is 0 Å². The van der Waals surface area contributed by atoms with Gasteiger partial charge in [-0.05, 0) is 29.8 Å². The molecule has 0 bridgehead atoms. The third-order valence-corrected chi connectivity index (χ3v) is 5.37. The Balaban J connectivity index is 1.99. The average molecular weight is 313 g/mol. The number of hydrogen-bond donors (Lipinski definition) is 0. The molecule has 2 aromatic rings. The summed E-state index contributed by atoms with van der Waals surface area (Å²) in [5.41, 5.74) is 2.38. The van der Waals surface area contributed by atoms with Crippen molar-refractivity contribution in [3.05, 3.63) is 50.7 Å². The van der Waals surface area contributed by atoms with Gasteiger partial charge >= 0.3 is 0 Å². The van der Waals surface area contributed by atoms with Crippen LogP contribution in [0.3, 0.4) is 0 Å². The second kappa shape index (κ2) is 4.69. The summed E-state index contributed by atoms with van der Waals surface area (Å²) in [5.74, 6) is 0.974. The van der Waals surface area contributed by atoms with Gasteiger partial charge in [0.05, 0.1) is 16.3 Å². The van der Waals surface area contributed by atoms with E-state index < -0.39 is 0 Å². The largest absolute Gasteiger partial charge is 0.492 e. The zero-order valence-electron chi connectivity index (χ0n) is 10.7. The normalized spacial score (nSPS) is 17.9. The van der Waals surface area contributed by atoms with Gasteiger partial charge in [-0.3, -0.25) is 0 Å². The Hall–Kier alpha value is -0.700. The number of alkyl halides is 1. The van der Waals surface area contributed by atoms with Crippen LogP contribution in [0.25, 0.3) is 0 Å². The second-order valence-corrected chi connectivity index (χ2v) is 7.62. The van der Waals surface area contributed by atoms with E-state index >= 15 is 0 Å². The van der Waals surface area contributed by atoms with Crippen molar-refractivity contribution in [2.45, 2.75) is 24.6 Å². The highest BCUT2D eigenvalue weighted by Gasteiger charge is 2.32. The summed E-state index contributed by atoms with van der Waals surface area (Å²) in [6, 6.07) is 10.1. The molecule has 0 fully saturated rings. The molecule has 2 heterocycles. The fourth-order valence-corrected chi connectivity index (χ4v) is 3.73. The van der Waals surface area contributed by atoms with Crippen LogP contribution in [0.4, 0.5) is 0 Å². The van der Waals surface area contributed by atoms with Crippen molar-refractivity contribution in [1.82, 2.24) is 0 Å². The Labute approximate surface area is 127 Å². The minimum absolute atomic E-state index is 0.0506. The Morgan fingerprint density at radius 2 is 2.05 bits per heavy atom. The molecule has 1 unspecified atom stereocenters. The minimum atomic E-state index is -0.154. The van der Waals surface area contributed by atoms with Crippen LogP contribution in [0.5, 0.6) is 5.75 Å². The van der Waals surface area contributed by atoms with E-state index in [-0.39, 0.29) is 10.8 Å². The summed E-state index contributed by atoms with van der Waals surface area (Å²) in [6.45, 7) is 5.10. The van der Waals surface area contributed by atoms with Crippen LogP contribution in [0.15, 0.2) is 30.3 Å². The van der Waals surface area contributed by atoms with Gasteiger partial charge in [-0.1, -0.05) is 31.5 Å². The molecular formula is C15H14Cl2OS. The molecule has 1 aliphatic rings.